The van der Waals surface area contributed by atoms with Crippen LogP contribution in [-0.2, 0) is 11.8 Å². The SMILES string of the molecule is COCC(NC1CCN(CC(C)C)CC1)c1ccnn1C. The van der Waals surface area contributed by atoms with E-state index in [0.29, 0.717) is 12.6 Å². The van der Waals surface area contributed by atoms with Gasteiger partial charge in [-0.25, -0.2) is 0 Å². The molecule has 2 heterocycles. The summed E-state index contributed by atoms with van der Waals surface area (Å²) in [6.45, 7) is 8.88. The number of hydrogen-bond donors (Lipinski definition) is 1. The zero-order valence-corrected chi connectivity index (χ0v) is 13.9. The van der Waals surface area contributed by atoms with Gasteiger partial charge in [0.15, 0.2) is 0 Å². The molecule has 2 rings (SSSR count). The van der Waals surface area contributed by atoms with Crippen LogP contribution in [0.4, 0.5) is 0 Å². The second kappa shape index (κ2) is 7.92. The number of ether oxygens (including phenoxy) is 1. The first-order valence-corrected chi connectivity index (χ1v) is 8.05. The van der Waals surface area contributed by atoms with Crippen LogP contribution in [0.5, 0.6) is 0 Å². The molecule has 1 aromatic heterocycles. The molecule has 1 saturated heterocycles. The lowest BCUT2D eigenvalue weighted by atomic mass is 10.0. The van der Waals surface area contributed by atoms with E-state index in [1.54, 1.807) is 7.11 Å². The maximum atomic E-state index is 5.38. The highest BCUT2D eigenvalue weighted by molar-refractivity contribution is 5.07. The highest BCUT2D eigenvalue weighted by atomic mass is 16.5. The van der Waals surface area contributed by atoms with Gasteiger partial charge in [0, 0.05) is 32.9 Å². The predicted molar refractivity (Wildman–Crippen MR) is 85.3 cm³/mol. The molecule has 120 valence electrons. The summed E-state index contributed by atoms with van der Waals surface area (Å²) in [5, 5.41) is 8.03. The number of nitrogens with zero attached hydrogens (tertiary/aromatic N) is 3. The number of likely N-dealkylation sites (tertiary alicyclic amines) is 1. The normalized spacial score (nSPS) is 19.3. The van der Waals surface area contributed by atoms with Gasteiger partial charge in [-0.05, 0) is 37.9 Å². The Labute approximate surface area is 128 Å². The van der Waals surface area contributed by atoms with Crippen LogP contribution >= 0.6 is 0 Å². The molecule has 0 aliphatic carbocycles. The summed E-state index contributed by atoms with van der Waals surface area (Å²) < 4.78 is 7.32. The Morgan fingerprint density at radius 2 is 2.10 bits per heavy atom. The molecule has 0 amide bonds. The second-order valence-corrected chi connectivity index (χ2v) is 6.52. The maximum absolute atomic E-state index is 5.38. The van der Waals surface area contributed by atoms with Gasteiger partial charge in [-0.3, -0.25) is 4.68 Å². The minimum atomic E-state index is 0.226. The molecule has 0 saturated carbocycles. The van der Waals surface area contributed by atoms with Crippen LogP contribution in [0.25, 0.3) is 0 Å². The molecule has 1 fully saturated rings. The van der Waals surface area contributed by atoms with Gasteiger partial charge in [-0.2, -0.15) is 5.10 Å². The molecule has 1 N–H and O–H groups in total. The van der Waals surface area contributed by atoms with Gasteiger partial charge >= 0.3 is 0 Å². The van der Waals surface area contributed by atoms with Crippen molar-refractivity contribution in [2.45, 2.75) is 38.8 Å². The van der Waals surface area contributed by atoms with Crippen molar-refractivity contribution < 1.29 is 4.74 Å². The summed E-state index contributed by atoms with van der Waals surface area (Å²) in [5.41, 5.74) is 1.20. The van der Waals surface area contributed by atoms with Crippen LogP contribution in [0.1, 0.15) is 38.4 Å². The fraction of sp³-hybridized carbons (Fsp3) is 0.812. The largest absolute Gasteiger partial charge is 0.383 e. The first-order valence-electron chi connectivity index (χ1n) is 8.05. The smallest absolute Gasteiger partial charge is 0.0731 e. The Morgan fingerprint density at radius 1 is 1.38 bits per heavy atom. The Morgan fingerprint density at radius 3 is 2.62 bits per heavy atom. The third-order valence-corrected chi connectivity index (χ3v) is 4.20. The molecule has 21 heavy (non-hydrogen) atoms. The molecule has 0 bridgehead atoms. The van der Waals surface area contributed by atoms with E-state index < -0.39 is 0 Å². The second-order valence-electron chi connectivity index (χ2n) is 6.52. The minimum Gasteiger partial charge on any atom is -0.383 e. The molecule has 1 unspecified atom stereocenters. The van der Waals surface area contributed by atoms with Crippen LogP contribution in [0.15, 0.2) is 12.3 Å². The van der Waals surface area contributed by atoms with Gasteiger partial charge in [0.25, 0.3) is 0 Å². The number of nitrogens with one attached hydrogen (secondary N) is 1. The Bertz CT molecular complexity index is 410. The van der Waals surface area contributed by atoms with Crippen LogP contribution in [0.3, 0.4) is 0 Å². The van der Waals surface area contributed by atoms with Crippen molar-refractivity contribution in [2.24, 2.45) is 13.0 Å². The van der Waals surface area contributed by atoms with Crippen molar-refractivity contribution in [1.82, 2.24) is 20.0 Å². The summed E-state index contributed by atoms with van der Waals surface area (Å²) >= 11 is 0. The average molecular weight is 294 g/mol. The Balaban J connectivity index is 1.86. The lowest BCUT2D eigenvalue weighted by molar-refractivity contribution is 0.135. The molecule has 1 atom stereocenters. The van der Waals surface area contributed by atoms with Gasteiger partial charge < -0.3 is 15.0 Å². The van der Waals surface area contributed by atoms with Crippen molar-refractivity contribution in [2.75, 3.05) is 33.4 Å². The molecular formula is C16H30N4O. The fourth-order valence-corrected chi connectivity index (χ4v) is 3.19. The molecular weight excluding hydrogens is 264 g/mol. The number of hydrogen-bond acceptors (Lipinski definition) is 4. The molecule has 5 heteroatoms. The maximum Gasteiger partial charge on any atom is 0.0731 e. The zero-order valence-electron chi connectivity index (χ0n) is 13.9. The van der Waals surface area contributed by atoms with Crippen molar-refractivity contribution in [1.29, 1.82) is 0 Å². The summed E-state index contributed by atoms with van der Waals surface area (Å²) in [4.78, 5) is 2.58. The van der Waals surface area contributed by atoms with Gasteiger partial charge in [0.2, 0.25) is 0 Å². The van der Waals surface area contributed by atoms with Gasteiger partial charge in [-0.1, -0.05) is 13.8 Å². The van der Waals surface area contributed by atoms with E-state index in [4.69, 9.17) is 4.74 Å². The number of aromatic nitrogens is 2. The molecule has 0 aromatic carbocycles. The topological polar surface area (TPSA) is 42.3 Å². The molecule has 1 aliphatic heterocycles. The minimum absolute atomic E-state index is 0.226. The number of rotatable bonds is 7. The Kier molecular flexibility index (Phi) is 6.21. The van der Waals surface area contributed by atoms with E-state index in [0.717, 1.165) is 5.92 Å². The van der Waals surface area contributed by atoms with Crippen LogP contribution < -0.4 is 5.32 Å². The number of piperidine rings is 1. The first kappa shape index (κ1) is 16.5. The number of methoxy groups -OCH3 is 1. The zero-order chi connectivity index (χ0) is 15.2. The van der Waals surface area contributed by atoms with E-state index in [-0.39, 0.29) is 6.04 Å². The van der Waals surface area contributed by atoms with Crippen molar-refractivity contribution >= 4 is 0 Å². The van der Waals surface area contributed by atoms with Crippen LogP contribution in [-0.4, -0.2) is 54.1 Å². The highest BCUT2D eigenvalue weighted by Gasteiger charge is 2.23. The Hall–Kier alpha value is -0.910. The summed E-state index contributed by atoms with van der Waals surface area (Å²) in [7, 11) is 3.75. The van der Waals surface area contributed by atoms with Gasteiger partial charge in [0.1, 0.15) is 0 Å². The van der Waals surface area contributed by atoms with E-state index in [9.17, 15) is 0 Å². The first-order chi connectivity index (χ1) is 10.1. The quantitative estimate of drug-likeness (QED) is 0.833. The fourth-order valence-electron chi connectivity index (χ4n) is 3.19. The van der Waals surface area contributed by atoms with Crippen LogP contribution in [0, 0.1) is 5.92 Å². The summed E-state index contributed by atoms with van der Waals surface area (Å²) in [6, 6.07) is 2.87. The standard InChI is InChI=1S/C16H30N4O/c1-13(2)11-20-9-6-14(7-10-20)18-15(12-21-4)16-5-8-17-19(16)3/h5,8,13-15,18H,6-7,9-12H2,1-4H3. The van der Waals surface area contributed by atoms with Crippen molar-refractivity contribution in [3.8, 4) is 0 Å². The van der Waals surface area contributed by atoms with E-state index in [1.807, 2.05) is 17.9 Å². The average Bonchev–Trinajstić information content (AvgIpc) is 2.86. The third kappa shape index (κ3) is 4.80. The molecule has 0 radical (unpaired) electrons. The van der Waals surface area contributed by atoms with E-state index >= 15 is 0 Å². The predicted octanol–water partition coefficient (Wildman–Crippen LogP) is 1.82. The van der Waals surface area contributed by atoms with Crippen molar-refractivity contribution in [3.05, 3.63) is 18.0 Å². The van der Waals surface area contributed by atoms with E-state index in [2.05, 4.69) is 35.2 Å². The van der Waals surface area contributed by atoms with Gasteiger partial charge in [-0.15, -0.1) is 0 Å². The third-order valence-electron chi connectivity index (χ3n) is 4.20. The lowest BCUT2D eigenvalue weighted by Gasteiger charge is -2.35. The van der Waals surface area contributed by atoms with Crippen molar-refractivity contribution in [3.63, 3.8) is 0 Å². The lowest BCUT2D eigenvalue weighted by Crippen LogP contribution is -2.45. The molecule has 5 nitrogen and oxygen atoms in total. The highest BCUT2D eigenvalue weighted by Crippen LogP contribution is 2.18. The molecule has 1 aromatic rings. The monoisotopic (exact) mass is 294 g/mol. The molecule has 1 aliphatic rings. The van der Waals surface area contributed by atoms with Gasteiger partial charge in [0.05, 0.1) is 18.3 Å². The number of aryl methyl sites for hydroxylation is 1. The summed E-state index contributed by atoms with van der Waals surface area (Å²) in [6.07, 6.45) is 4.28. The van der Waals surface area contributed by atoms with E-state index in [1.165, 1.54) is 38.2 Å². The van der Waals surface area contributed by atoms with Crippen LogP contribution in [0.2, 0.25) is 0 Å². The summed E-state index contributed by atoms with van der Waals surface area (Å²) in [5.74, 6) is 0.755. The molecule has 0 spiro atoms.